The molecule has 0 aromatic carbocycles. The Morgan fingerprint density at radius 1 is 1.30 bits per heavy atom. The molecule has 0 radical (unpaired) electrons. The number of carbonyl (C=O) groups excluding carboxylic acids is 1. The molecule has 1 heterocycles. The summed E-state index contributed by atoms with van der Waals surface area (Å²) in [6, 6.07) is 1.65. The van der Waals surface area contributed by atoms with Crippen molar-refractivity contribution in [2.45, 2.75) is 19.0 Å². The SMILES string of the molecule is CCOC(=O)/C(F)=C(/c1ccco1)C(F)(F)C(F)(F)F. The van der Waals surface area contributed by atoms with E-state index in [1.165, 1.54) is 6.92 Å². The molecule has 20 heavy (non-hydrogen) atoms. The van der Waals surface area contributed by atoms with Crippen molar-refractivity contribution in [3.05, 3.63) is 30.0 Å². The van der Waals surface area contributed by atoms with Crippen molar-refractivity contribution in [2.24, 2.45) is 0 Å². The minimum Gasteiger partial charge on any atom is -0.464 e. The van der Waals surface area contributed by atoms with E-state index in [-0.39, 0.29) is 0 Å². The molecular formula is C11H8F6O3. The molecule has 112 valence electrons. The Hall–Kier alpha value is -1.93. The zero-order chi connectivity index (χ0) is 15.6. The summed E-state index contributed by atoms with van der Waals surface area (Å²) < 4.78 is 85.7. The molecule has 0 bridgehead atoms. The van der Waals surface area contributed by atoms with E-state index in [2.05, 4.69) is 9.15 Å². The van der Waals surface area contributed by atoms with Crippen molar-refractivity contribution in [1.29, 1.82) is 0 Å². The number of esters is 1. The maximum atomic E-state index is 13.6. The number of ether oxygens (including phenoxy) is 1. The van der Waals surface area contributed by atoms with Crippen LogP contribution in [0.2, 0.25) is 0 Å². The van der Waals surface area contributed by atoms with E-state index < -0.39 is 41.8 Å². The van der Waals surface area contributed by atoms with Crippen LogP contribution < -0.4 is 0 Å². The van der Waals surface area contributed by atoms with Gasteiger partial charge in [0.25, 0.3) is 0 Å². The Morgan fingerprint density at radius 3 is 2.30 bits per heavy atom. The van der Waals surface area contributed by atoms with E-state index in [4.69, 9.17) is 0 Å². The second-order valence-electron chi connectivity index (χ2n) is 3.46. The summed E-state index contributed by atoms with van der Waals surface area (Å²) in [5.41, 5.74) is -2.21. The van der Waals surface area contributed by atoms with Gasteiger partial charge in [-0.05, 0) is 19.1 Å². The Kier molecular flexibility index (Phi) is 4.51. The number of carbonyl (C=O) groups is 1. The van der Waals surface area contributed by atoms with E-state index in [9.17, 15) is 31.1 Å². The van der Waals surface area contributed by atoms with Gasteiger partial charge in [-0.1, -0.05) is 0 Å². The Morgan fingerprint density at radius 2 is 1.90 bits per heavy atom. The largest absolute Gasteiger partial charge is 0.464 e. The molecule has 0 aliphatic carbocycles. The van der Waals surface area contributed by atoms with Crippen molar-refractivity contribution in [3.8, 4) is 0 Å². The lowest BCUT2D eigenvalue weighted by atomic mass is 10.0. The fraction of sp³-hybridized carbons (Fsp3) is 0.364. The summed E-state index contributed by atoms with van der Waals surface area (Å²) in [5, 5.41) is 0. The summed E-state index contributed by atoms with van der Waals surface area (Å²) in [6.45, 7) is 0.842. The standard InChI is InChI=1S/C11H8F6O3/c1-2-19-9(18)8(12)7(6-4-3-5-20-6)10(13,14)11(15,16)17/h3-5H,2H2,1H3/b8-7+. The molecule has 1 aromatic rings. The molecular weight excluding hydrogens is 294 g/mol. The Bertz CT molecular complexity index is 501. The van der Waals surface area contributed by atoms with Crippen LogP contribution in [-0.2, 0) is 9.53 Å². The van der Waals surface area contributed by atoms with Gasteiger partial charge in [-0.15, -0.1) is 0 Å². The first-order valence-electron chi connectivity index (χ1n) is 5.18. The smallest absolute Gasteiger partial charge is 0.458 e. The van der Waals surface area contributed by atoms with Crippen molar-refractivity contribution >= 4 is 11.5 Å². The molecule has 0 spiro atoms. The number of rotatable bonds is 4. The van der Waals surface area contributed by atoms with Crippen molar-refractivity contribution < 1.29 is 40.3 Å². The summed E-state index contributed by atoms with van der Waals surface area (Å²) in [7, 11) is 0. The van der Waals surface area contributed by atoms with Gasteiger partial charge in [-0.2, -0.15) is 26.3 Å². The minimum atomic E-state index is -6.10. The number of halogens is 6. The van der Waals surface area contributed by atoms with E-state index in [0.29, 0.717) is 6.07 Å². The van der Waals surface area contributed by atoms with Crippen LogP contribution in [0.5, 0.6) is 0 Å². The molecule has 3 nitrogen and oxygen atoms in total. The van der Waals surface area contributed by atoms with Crippen molar-refractivity contribution in [3.63, 3.8) is 0 Å². The van der Waals surface area contributed by atoms with Gasteiger partial charge in [0, 0.05) is 0 Å². The van der Waals surface area contributed by atoms with Crippen molar-refractivity contribution in [2.75, 3.05) is 6.61 Å². The highest BCUT2D eigenvalue weighted by Gasteiger charge is 2.63. The summed E-state index contributed by atoms with van der Waals surface area (Å²) in [6.07, 6.45) is -5.33. The number of alkyl halides is 5. The summed E-state index contributed by atoms with van der Waals surface area (Å²) >= 11 is 0. The van der Waals surface area contributed by atoms with E-state index >= 15 is 0 Å². The molecule has 0 unspecified atom stereocenters. The topological polar surface area (TPSA) is 39.4 Å². The average Bonchev–Trinajstić information content (AvgIpc) is 2.81. The molecule has 0 N–H and O–H groups in total. The van der Waals surface area contributed by atoms with Crippen LogP contribution in [0, 0.1) is 0 Å². The summed E-state index contributed by atoms with van der Waals surface area (Å²) in [4.78, 5) is 11.1. The lowest BCUT2D eigenvalue weighted by Crippen LogP contribution is -2.38. The highest BCUT2D eigenvalue weighted by atomic mass is 19.4. The zero-order valence-electron chi connectivity index (χ0n) is 9.93. The number of hydrogen-bond donors (Lipinski definition) is 0. The van der Waals surface area contributed by atoms with Gasteiger partial charge in [0.15, 0.2) is 0 Å². The lowest BCUT2D eigenvalue weighted by molar-refractivity contribution is -0.254. The molecule has 0 aliphatic heterocycles. The van der Waals surface area contributed by atoms with Crippen LogP contribution >= 0.6 is 0 Å². The molecule has 9 heteroatoms. The first-order chi connectivity index (χ1) is 9.13. The van der Waals surface area contributed by atoms with E-state index in [1.807, 2.05) is 0 Å². The second-order valence-corrected chi connectivity index (χ2v) is 3.46. The van der Waals surface area contributed by atoms with Crippen LogP contribution in [0.25, 0.3) is 5.57 Å². The van der Waals surface area contributed by atoms with Gasteiger partial charge < -0.3 is 9.15 Å². The first kappa shape index (κ1) is 16.1. The molecule has 0 aliphatic rings. The minimum absolute atomic E-state index is 0.394. The second kappa shape index (κ2) is 5.59. The average molecular weight is 302 g/mol. The maximum absolute atomic E-state index is 13.6. The first-order valence-corrected chi connectivity index (χ1v) is 5.18. The highest BCUT2D eigenvalue weighted by Crippen LogP contribution is 2.47. The molecule has 0 saturated heterocycles. The number of furan rings is 1. The zero-order valence-corrected chi connectivity index (χ0v) is 9.93. The van der Waals surface area contributed by atoms with Crippen LogP contribution in [-0.4, -0.2) is 24.7 Å². The van der Waals surface area contributed by atoms with E-state index in [0.717, 1.165) is 12.3 Å². The van der Waals surface area contributed by atoms with Crippen LogP contribution in [0.3, 0.4) is 0 Å². The van der Waals surface area contributed by atoms with Gasteiger partial charge in [0.05, 0.1) is 12.9 Å². The predicted octanol–water partition coefficient (Wildman–Crippen LogP) is 3.72. The van der Waals surface area contributed by atoms with Crippen LogP contribution in [0.4, 0.5) is 26.3 Å². The molecule has 1 rings (SSSR count). The third kappa shape index (κ3) is 2.97. The van der Waals surface area contributed by atoms with E-state index in [1.54, 1.807) is 0 Å². The fourth-order valence-electron chi connectivity index (χ4n) is 1.26. The van der Waals surface area contributed by atoms with Gasteiger partial charge in [-0.3, -0.25) is 0 Å². The third-order valence-corrected chi connectivity index (χ3v) is 2.11. The quantitative estimate of drug-likeness (QED) is 0.483. The van der Waals surface area contributed by atoms with Crippen LogP contribution in [0.1, 0.15) is 12.7 Å². The molecule has 0 amide bonds. The maximum Gasteiger partial charge on any atom is 0.458 e. The van der Waals surface area contributed by atoms with Gasteiger partial charge in [-0.25, -0.2) is 4.79 Å². The summed E-state index contributed by atoms with van der Waals surface area (Å²) in [5.74, 6) is -11.0. The molecule has 0 atom stereocenters. The van der Waals surface area contributed by atoms with Gasteiger partial charge in [0.1, 0.15) is 11.3 Å². The van der Waals surface area contributed by atoms with Gasteiger partial charge in [0.2, 0.25) is 5.83 Å². The van der Waals surface area contributed by atoms with Gasteiger partial charge >= 0.3 is 18.1 Å². The third-order valence-electron chi connectivity index (χ3n) is 2.11. The monoisotopic (exact) mass is 302 g/mol. The van der Waals surface area contributed by atoms with Crippen molar-refractivity contribution in [1.82, 2.24) is 0 Å². The predicted molar refractivity (Wildman–Crippen MR) is 54.4 cm³/mol. The Labute approximate surface area is 108 Å². The van der Waals surface area contributed by atoms with Crippen LogP contribution in [0.15, 0.2) is 28.6 Å². The Balaban J connectivity index is 3.46. The normalized spacial score (nSPS) is 13.9. The highest BCUT2D eigenvalue weighted by molar-refractivity contribution is 5.96. The molecule has 0 fully saturated rings. The lowest BCUT2D eigenvalue weighted by Gasteiger charge is -2.21. The molecule has 0 saturated carbocycles. The fourth-order valence-corrected chi connectivity index (χ4v) is 1.26. The molecule has 1 aromatic heterocycles. The number of hydrogen-bond acceptors (Lipinski definition) is 3. The number of allylic oxidation sites excluding steroid dienone is 1.